The number of aryl methyl sites for hydroxylation is 4. The van der Waals surface area contributed by atoms with Crippen molar-refractivity contribution in [2.45, 2.75) is 33.7 Å². The van der Waals surface area contributed by atoms with Gasteiger partial charge in [0.15, 0.2) is 11.5 Å². The van der Waals surface area contributed by atoms with E-state index in [4.69, 9.17) is 4.74 Å². The second-order valence-corrected chi connectivity index (χ2v) is 7.52. The number of aromatic nitrogens is 6. The van der Waals surface area contributed by atoms with Crippen LogP contribution in [0.3, 0.4) is 0 Å². The van der Waals surface area contributed by atoms with Gasteiger partial charge in [-0.1, -0.05) is 0 Å². The second-order valence-electron chi connectivity index (χ2n) is 6.52. The van der Waals surface area contributed by atoms with Gasteiger partial charge in [0.25, 0.3) is 0 Å². The van der Waals surface area contributed by atoms with Gasteiger partial charge in [-0.2, -0.15) is 5.10 Å². The van der Waals surface area contributed by atoms with Crippen molar-refractivity contribution in [3.05, 3.63) is 44.1 Å². The van der Waals surface area contributed by atoms with Crippen LogP contribution in [0.2, 0.25) is 0 Å². The molecule has 0 aromatic carbocycles. The molecule has 11 nitrogen and oxygen atoms in total. The maximum Gasteiger partial charge on any atom is 0.348 e. The molecular weight excluding hydrogens is 398 g/mol. The molecule has 0 atom stereocenters. The molecule has 0 unspecified atom stereocenters. The molecule has 0 saturated heterocycles. The molecule has 0 aliphatic heterocycles. The highest BCUT2D eigenvalue weighted by molar-refractivity contribution is 7.20. The fraction of sp³-hybridized carbons (Fsp3) is 0.353. The third-order valence-electron chi connectivity index (χ3n) is 4.76. The number of fused-ring (bicyclic) bond motifs is 3. The van der Waals surface area contributed by atoms with Crippen molar-refractivity contribution < 1.29 is 14.5 Å². The van der Waals surface area contributed by atoms with Crippen molar-refractivity contribution in [1.29, 1.82) is 0 Å². The number of rotatable bonds is 5. The van der Waals surface area contributed by atoms with Crippen molar-refractivity contribution in [3.63, 3.8) is 0 Å². The summed E-state index contributed by atoms with van der Waals surface area (Å²) < 4.78 is 8.00. The first kappa shape index (κ1) is 18.9. The van der Waals surface area contributed by atoms with Crippen LogP contribution in [0.25, 0.3) is 15.9 Å². The molecule has 0 bridgehead atoms. The molecular formula is C17H17N7O4S. The fourth-order valence-electron chi connectivity index (χ4n) is 3.35. The number of methoxy groups -OCH3 is 1. The summed E-state index contributed by atoms with van der Waals surface area (Å²) in [6, 6.07) is 0. The highest BCUT2D eigenvalue weighted by Crippen LogP contribution is 2.32. The molecule has 4 aromatic rings. The number of ether oxygens (including phenoxy) is 1. The average Bonchev–Trinajstić information content (AvgIpc) is 3.32. The zero-order valence-electron chi connectivity index (χ0n) is 16.2. The van der Waals surface area contributed by atoms with E-state index in [2.05, 4.69) is 20.2 Å². The van der Waals surface area contributed by atoms with E-state index >= 15 is 0 Å². The number of hydrogen-bond donors (Lipinski definition) is 0. The van der Waals surface area contributed by atoms with Crippen molar-refractivity contribution in [2.24, 2.45) is 0 Å². The lowest BCUT2D eigenvalue weighted by atomic mass is 10.2. The Kier molecular flexibility index (Phi) is 4.49. The first-order valence-electron chi connectivity index (χ1n) is 8.71. The standard InChI is InChI=1S/C17H17N7O4S/c1-8-12-15-19-11(5-6-22-10(3)13(24(26)27)9(2)20-22)21-23(15)7-18-16(12)29-14(8)17(25)28-4/h7H,5-6H2,1-4H3. The topological polar surface area (TPSA) is 130 Å². The Hall–Kier alpha value is -3.41. The van der Waals surface area contributed by atoms with Gasteiger partial charge in [0.2, 0.25) is 0 Å². The van der Waals surface area contributed by atoms with Gasteiger partial charge < -0.3 is 4.74 Å². The Morgan fingerprint density at radius 2 is 2.07 bits per heavy atom. The quantitative estimate of drug-likeness (QED) is 0.276. The third kappa shape index (κ3) is 3.01. The molecule has 4 rings (SSSR count). The van der Waals surface area contributed by atoms with Crippen LogP contribution in [0.4, 0.5) is 5.69 Å². The molecule has 0 radical (unpaired) electrons. The van der Waals surface area contributed by atoms with Crippen LogP contribution in [-0.4, -0.2) is 47.4 Å². The SMILES string of the molecule is COC(=O)c1sc2ncn3nc(CCn4nc(C)c([N+](=O)[O-])c4C)nc3c2c1C. The zero-order valence-corrected chi connectivity index (χ0v) is 17.0. The van der Waals surface area contributed by atoms with Crippen LogP contribution in [0.1, 0.15) is 32.4 Å². The summed E-state index contributed by atoms with van der Waals surface area (Å²) >= 11 is 1.26. The molecule has 150 valence electrons. The van der Waals surface area contributed by atoms with Crippen LogP contribution < -0.4 is 0 Å². The van der Waals surface area contributed by atoms with E-state index in [1.165, 1.54) is 18.4 Å². The van der Waals surface area contributed by atoms with E-state index in [-0.39, 0.29) is 5.69 Å². The summed E-state index contributed by atoms with van der Waals surface area (Å²) in [6.45, 7) is 5.53. The lowest BCUT2D eigenvalue weighted by Gasteiger charge is -2.00. The molecule has 0 N–H and O–H groups in total. The number of carbonyl (C=O) groups excluding carboxylic acids is 1. The molecule has 0 aliphatic carbocycles. The highest BCUT2D eigenvalue weighted by Gasteiger charge is 2.23. The number of carbonyl (C=O) groups is 1. The normalized spacial score (nSPS) is 11.4. The van der Waals surface area contributed by atoms with Gasteiger partial charge in [-0.05, 0) is 26.3 Å². The van der Waals surface area contributed by atoms with E-state index in [1.807, 2.05) is 6.92 Å². The van der Waals surface area contributed by atoms with Crippen molar-refractivity contribution >= 4 is 38.9 Å². The molecule has 12 heteroatoms. The summed E-state index contributed by atoms with van der Waals surface area (Å²) in [5.41, 5.74) is 2.27. The molecule has 0 amide bonds. The first-order valence-corrected chi connectivity index (χ1v) is 9.53. The van der Waals surface area contributed by atoms with E-state index in [9.17, 15) is 14.9 Å². The van der Waals surface area contributed by atoms with Crippen LogP contribution in [0.15, 0.2) is 6.33 Å². The second kappa shape index (κ2) is 6.88. The van der Waals surface area contributed by atoms with E-state index in [0.29, 0.717) is 45.5 Å². The van der Waals surface area contributed by atoms with Crippen molar-refractivity contribution in [1.82, 2.24) is 29.4 Å². The molecule has 29 heavy (non-hydrogen) atoms. The molecule has 0 fully saturated rings. The summed E-state index contributed by atoms with van der Waals surface area (Å²) in [5, 5.41) is 20.6. The highest BCUT2D eigenvalue weighted by atomic mass is 32.1. The minimum absolute atomic E-state index is 0.0307. The summed E-state index contributed by atoms with van der Waals surface area (Å²) in [7, 11) is 1.34. The predicted octanol–water partition coefficient (Wildman–Crippen LogP) is 2.40. The molecule has 0 saturated carbocycles. The number of esters is 1. The van der Waals surface area contributed by atoms with Gasteiger partial charge in [-0.3, -0.25) is 14.8 Å². The maximum absolute atomic E-state index is 12.0. The smallest absolute Gasteiger partial charge is 0.348 e. The Labute approximate surface area is 168 Å². The van der Waals surface area contributed by atoms with Crippen LogP contribution in [0, 0.1) is 30.9 Å². The Bertz CT molecular complexity index is 1290. The van der Waals surface area contributed by atoms with Crippen molar-refractivity contribution in [2.75, 3.05) is 7.11 Å². The van der Waals surface area contributed by atoms with Gasteiger partial charge in [0.1, 0.15) is 27.4 Å². The van der Waals surface area contributed by atoms with Gasteiger partial charge in [0.05, 0.1) is 17.4 Å². The maximum atomic E-state index is 12.0. The Morgan fingerprint density at radius 3 is 2.72 bits per heavy atom. The molecule has 0 aliphatic rings. The van der Waals surface area contributed by atoms with E-state index < -0.39 is 10.9 Å². The van der Waals surface area contributed by atoms with Crippen LogP contribution in [0.5, 0.6) is 0 Å². The van der Waals surface area contributed by atoms with Gasteiger partial charge in [-0.15, -0.1) is 16.4 Å². The fourth-order valence-corrected chi connectivity index (χ4v) is 4.41. The van der Waals surface area contributed by atoms with E-state index in [1.54, 1.807) is 29.4 Å². The molecule has 4 aromatic heterocycles. The minimum Gasteiger partial charge on any atom is -0.465 e. The van der Waals surface area contributed by atoms with Gasteiger partial charge >= 0.3 is 11.7 Å². The monoisotopic (exact) mass is 415 g/mol. The Morgan fingerprint density at radius 1 is 1.31 bits per heavy atom. The zero-order chi connectivity index (χ0) is 20.9. The lowest BCUT2D eigenvalue weighted by molar-refractivity contribution is -0.386. The van der Waals surface area contributed by atoms with Crippen LogP contribution in [-0.2, 0) is 17.7 Å². The Balaban J connectivity index is 1.69. The first-order chi connectivity index (χ1) is 13.8. The largest absolute Gasteiger partial charge is 0.465 e. The van der Waals surface area contributed by atoms with E-state index in [0.717, 1.165) is 10.9 Å². The number of thiophene rings is 1. The number of nitrogens with zero attached hydrogens (tertiary/aromatic N) is 7. The summed E-state index contributed by atoms with van der Waals surface area (Å²) in [5.74, 6) is 0.147. The minimum atomic E-state index is -0.419. The number of hydrogen-bond acceptors (Lipinski definition) is 9. The van der Waals surface area contributed by atoms with Crippen molar-refractivity contribution in [3.8, 4) is 0 Å². The third-order valence-corrected chi connectivity index (χ3v) is 5.94. The molecule has 4 heterocycles. The molecule has 0 spiro atoms. The van der Waals surface area contributed by atoms with Gasteiger partial charge in [-0.25, -0.2) is 19.3 Å². The summed E-state index contributed by atoms with van der Waals surface area (Å²) in [6.07, 6.45) is 1.99. The van der Waals surface area contributed by atoms with Gasteiger partial charge in [0, 0.05) is 13.0 Å². The summed E-state index contributed by atoms with van der Waals surface area (Å²) in [4.78, 5) is 32.9. The lowest BCUT2D eigenvalue weighted by Crippen LogP contribution is -2.06. The predicted molar refractivity (Wildman–Crippen MR) is 104 cm³/mol. The van der Waals surface area contributed by atoms with Crippen LogP contribution >= 0.6 is 11.3 Å². The number of nitro groups is 1. The average molecular weight is 415 g/mol.